The Morgan fingerprint density at radius 3 is 1.93 bits per heavy atom. The second-order valence-corrected chi connectivity index (χ2v) is 7.11. The largest absolute Gasteiger partial charge is 0.493 e. The SMILES string of the molecule is COc1cc(NC(=O)/C=C/c2ccc(C(C)(C)C)cc2)cc(OC)c1OC. The molecule has 0 aliphatic carbocycles. The average Bonchev–Trinajstić information content (AvgIpc) is 2.65. The Hall–Kier alpha value is -2.95. The zero-order valence-corrected chi connectivity index (χ0v) is 16.8. The molecule has 0 radical (unpaired) electrons. The molecule has 0 spiro atoms. The van der Waals surface area contributed by atoms with Crippen LogP contribution in [-0.4, -0.2) is 27.2 Å². The quantitative estimate of drug-likeness (QED) is 0.752. The number of ether oxygens (including phenoxy) is 3. The van der Waals surface area contributed by atoms with E-state index in [0.717, 1.165) is 5.56 Å². The molecular weight excluding hydrogens is 342 g/mol. The van der Waals surface area contributed by atoms with Crippen LogP contribution in [0.3, 0.4) is 0 Å². The molecule has 0 atom stereocenters. The van der Waals surface area contributed by atoms with Gasteiger partial charge in [-0.15, -0.1) is 0 Å². The molecule has 0 fully saturated rings. The van der Waals surface area contributed by atoms with E-state index in [4.69, 9.17) is 14.2 Å². The summed E-state index contributed by atoms with van der Waals surface area (Å²) >= 11 is 0. The van der Waals surface area contributed by atoms with Gasteiger partial charge < -0.3 is 19.5 Å². The van der Waals surface area contributed by atoms with E-state index in [1.165, 1.54) is 33.0 Å². The number of rotatable bonds is 6. The number of hydrogen-bond donors (Lipinski definition) is 1. The van der Waals surface area contributed by atoms with E-state index in [2.05, 4.69) is 38.2 Å². The summed E-state index contributed by atoms with van der Waals surface area (Å²) in [6.07, 6.45) is 3.27. The average molecular weight is 369 g/mol. The zero-order chi connectivity index (χ0) is 20.0. The Kier molecular flexibility index (Phi) is 6.50. The third-order valence-corrected chi connectivity index (χ3v) is 4.14. The number of nitrogens with one attached hydrogen (secondary N) is 1. The summed E-state index contributed by atoms with van der Waals surface area (Å²) in [6.45, 7) is 6.51. The number of anilines is 1. The van der Waals surface area contributed by atoms with Crippen molar-refractivity contribution in [2.75, 3.05) is 26.6 Å². The number of carbonyl (C=O) groups excluding carboxylic acids is 1. The first kappa shape index (κ1) is 20.4. The smallest absolute Gasteiger partial charge is 0.248 e. The highest BCUT2D eigenvalue weighted by Gasteiger charge is 2.14. The monoisotopic (exact) mass is 369 g/mol. The molecule has 0 aliphatic rings. The minimum atomic E-state index is -0.246. The Morgan fingerprint density at radius 1 is 0.926 bits per heavy atom. The lowest BCUT2D eigenvalue weighted by Crippen LogP contribution is -2.10. The first-order chi connectivity index (χ1) is 12.8. The van der Waals surface area contributed by atoms with E-state index in [1.807, 2.05) is 12.1 Å². The van der Waals surface area contributed by atoms with Crippen LogP contribution in [0.25, 0.3) is 6.08 Å². The van der Waals surface area contributed by atoms with Crippen molar-refractivity contribution in [2.45, 2.75) is 26.2 Å². The number of amides is 1. The van der Waals surface area contributed by atoms with Crippen LogP contribution in [0.2, 0.25) is 0 Å². The molecule has 0 saturated heterocycles. The molecule has 2 rings (SSSR count). The molecule has 2 aromatic rings. The van der Waals surface area contributed by atoms with Gasteiger partial charge in [-0.1, -0.05) is 45.0 Å². The van der Waals surface area contributed by atoms with E-state index in [1.54, 1.807) is 18.2 Å². The van der Waals surface area contributed by atoms with Gasteiger partial charge in [0.25, 0.3) is 0 Å². The van der Waals surface area contributed by atoms with Crippen LogP contribution in [0.1, 0.15) is 31.9 Å². The van der Waals surface area contributed by atoms with Crippen LogP contribution in [0.4, 0.5) is 5.69 Å². The molecule has 5 heteroatoms. The van der Waals surface area contributed by atoms with Crippen LogP contribution in [0.5, 0.6) is 17.2 Å². The van der Waals surface area contributed by atoms with Crippen LogP contribution >= 0.6 is 0 Å². The van der Waals surface area contributed by atoms with Gasteiger partial charge in [0, 0.05) is 23.9 Å². The molecule has 0 saturated carbocycles. The van der Waals surface area contributed by atoms with Gasteiger partial charge in [-0.3, -0.25) is 4.79 Å². The molecule has 0 aromatic heterocycles. The van der Waals surface area contributed by atoms with Gasteiger partial charge in [-0.05, 0) is 22.6 Å². The Balaban J connectivity index is 2.12. The van der Waals surface area contributed by atoms with E-state index >= 15 is 0 Å². The zero-order valence-electron chi connectivity index (χ0n) is 16.8. The topological polar surface area (TPSA) is 56.8 Å². The summed E-state index contributed by atoms with van der Waals surface area (Å²) in [5.74, 6) is 1.19. The first-order valence-corrected chi connectivity index (χ1v) is 8.68. The molecule has 1 N–H and O–H groups in total. The van der Waals surface area contributed by atoms with E-state index in [0.29, 0.717) is 22.9 Å². The lowest BCUT2D eigenvalue weighted by molar-refractivity contribution is -0.111. The predicted octanol–water partition coefficient (Wildman–Crippen LogP) is 4.66. The summed E-state index contributed by atoms with van der Waals surface area (Å²) < 4.78 is 15.9. The fourth-order valence-corrected chi connectivity index (χ4v) is 2.60. The number of carbonyl (C=O) groups is 1. The fraction of sp³-hybridized carbons (Fsp3) is 0.318. The van der Waals surface area contributed by atoms with Crippen LogP contribution < -0.4 is 19.5 Å². The standard InChI is InChI=1S/C22H27NO4/c1-22(2,3)16-10-7-15(8-11-16)9-12-20(24)23-17-13-18(25-4)21(27-6)19(14-17)26-5/h7-14H,1-6H3,(H,23,24)/b12-9+. The molecule has 0 bridgehead atoms. The van der Waals surface area contributed by atoms with Crippen molar-refractivity contribution < 1.29 is 19.0 Å². The third-order valence-electron chi connectivity index (χ3n) is 4.14. The van der Waals surface area contributed by atoms with Crippen molar-refractivity contribution in [1.82, 2.24) is 0 Å². The summed E-state index contributed by atoms with van der Waals surface area (Å²) in [6, 6.07) is 11.5. The van der Waals surface area contributed by atoms with Crippen LogP contribution in [0, 0.1) is 0 Å². The van der Waals surface area contributed by atoms with Crippen molar-refractivity contribution in [3.63, 3.8) is 0 Å². The minimum Gasteiger partial charge on any atom is -0.493 e. The normalized spacial score (nSPS) is 11.3. The lowest BCUT2D eigenvalue weighted by Gasteiger charge is -2.18. The van der Waals surface area contributed by atoms with Gasteiger partial charge in [0.2, 0.25) is 11.7 Å². The second-order valence-electron chi connectivity index (χ2n) is 7.11. The number of hydrogen-bond acceptors (Lipinski definition) is 4. The fourth-order valence-electron chi connectivity index (χ4n) is 2.60. The maximum atomic E-state index is 12.3. The maximum absolute atomic E-state index is 12.3. The van der Waals surface area contributed by atoms with E-state index in [-0.39, 0.29) is 11.3 Å². The number of benzene rings is 2. The first-order valence-electron chi connectivity index (χ1n) is 8.68. The molecule has 27 heavy (non-hydrogen) atoms. The summed E-state index contributed by atoms with van der Waals surface area (Å²) in [4.78, 5) is 12.3. The second kappa shape index (κ2) is 8.62. The lowest BCUT2D eigenvalue weighted by atomic mass is 9.87. The highest BCUT2D eigenvalue weighted by Crippen LogP contribution is 2.39. The molecule has 0 aliphatic heterocycles. The van der Waals surface area contributed by atoms with Crippen molar-refractivity contribution >= 4 is 17.7 Å². The molecule has 5 nitrogen and oxygen atoms in total. The van der Waals surface area contributed by atoms with Crippen molar-refractivity contribution in [1.29, 1.82) is 0 Å². The van der Waals surface area contributed by atoms with Gasteiger partial charge in [0.15, 0.2) is 11.5 Å². The van der Waals surface area contributed by atoms with Crippen LogP contribution in [-0.2, 0) is 10.2 Å². The third kappa shape index (κ3) is 5.26. The Bertz CT molecular complexity index is 792. The van der Waals surface area contributed by atoms with Crippen LogP contribution in [0.15, 0.2) is 42.5 Å². The molecule has 144 valence electrons. The van der Waals surface area contributed by atoms with Crippen molar-refractivity contribution in [3.05, 3.63) is 53.6 Å². The van der Waals surface area contributed by atoms with Gasteiger partial charge in [0.1, 0.15) is 0 Å². The highest BCUT2D eigenvalue weighted by atomic mass is 16.5. The predicted molar refractivity (Wildman–Crippen MR) is 109 cm³/mol. The van der Waals surface area contributed by atoms with Gasteiger partial charge in [-0.25, -0.2) is 0 Å². The summed E-state index contributed by atoms with van der Waals surface area (Å²) in [5.41, 5.74) is 2.87. The molecule has 1 amide bonds. The van der Waals surface area contributed by atoms with Gasteiger partial charge >= 0.3 is 0 Å². The molecular formula is C22H27NO4. The van der Waals surface area contributed by atoms with Crippen molar-refractivity contribution in [2.24, 2.45) is 0 Å². The molecule has 0 unspecified atom stereocenters. The van der Waals surface area contributed by atoms with Gasteiger partial charge in [-0.2, -0.15) is 0 Å². The molecule has 0 heterocycles. The Morgan fingerprint density at radius 2 is 1.48 bits per heavy atom. The Labute approximate surface area is 161 Å². The summed E-state index contributed by atoms with van der Waals surface area (Å²) in [7, 11) is 4.60. The minimum absolute atomic E-state index is 0.103. The maximum Gasteiger partial charge on any atom is 0.248 e. The van der Waals surface area contributed by atoms with Crippen molar-refractivity contribution in [3.8, 4) is 17.2 Å². The number of methoxy groups -OCH3 is 3. The van der Waals surface area contributed by atoms with E-state index in [9.17, 15) is 4.79 Å². The highest BCUT2D eigenvalue weighted by molar-refractivity contribution is 6.02. The summed E-state index contributed by atoms with van der Waals surface area (Å²) in [5, 5.41) is 2.81. The van der Waals surface area contributed by atoms with Gasteiger partial charge in [0.05, 0.1) is 21.3 Å². The molecule has 2 aromatic carbocycles. The van der Waals surface area contributed by atoms with E-state index < -0.39 is 0 Å².